The first kappa shape index (κ1) is 18.9. The first-order valence-corrected chi connectivity index (χ1v) is 8.12. The highest BCUT2D eigenvalue weighted by atomic mass is 32.2. The molecular formula is C14H18N2O6S. The fraction of sp³-hybridized carbons (Fsp3) is 0.357. The molecule has 1 rings (SSSR count). The maximum atomic E-state index is 12.3. The Kier molecular flexibility index (Phi) is 6.55. The van der Waals surface area contributed by atoms with Gasteiger partial charge in [0.15, 0.2) is 5.78 Å². The summed E-state index contributed by atoms with van der Waals surface area (Å²) in [6.07, 6.45) is 0. The first-order valence-electron chi connectivity index (χ1n) is 6.61. The molecule has 8 nitrogen and oxygen atoms in total. The van der Waals surface area contributed by atoms with E-state index in [0.29, 0.717) is 0 Å². The molecular weight excluding hydrogens is 324 g/mol. The SMILES string of the molecule is COCCN(C)S(=O)(=O)C=C(C(C)=O)c1cccc([N+](=O)[O-])c1. The van der Waals surface area contributed by atoms with Crippen LogP contribution >= 0.6 is 0 Å². The predicted octanol–water partition coefficient (Wildman–Crippen LogP) is 1.43. The summed E-state index contributed by atoms with van der Waals surface area (Å²) in [5.74, 6) is -0.505. The molecule has 0 aromatic heterocycles. The number of nitro groups is 1. The van der Waals surface area contributed by atoms with Crippen LogP contribution in [0.25, 0.3) is 5.57 Å². The summed E-state index contributed by atoms with van der Waals surface area (Å²) in [7, 11) is -1.06. The molecule has 0 heterocycles. The van der Waals surface area contributed by atoms with E-state index in [-0.39, 0.29) is 30.0 Å². The van der Waals surface area contributed by atoms with Gasteiger partial charge in [-0.15, -0.1) is 0 Å². The predicted molar refractivity (Wildman–Crippen MR) is 85.2 cm³/mol. The molecule has 0 unspecified atom stereocenters. The average Bonchev–Trinajstić information content (AvgIpc) is 2.50. The van der Waals surface area contributed by atoms with Gasteiger partial charge in [-0.05, 0) is 12.5 Å². The molecule has 0 atom stereocenters. The normalized spacial score (nSPS) is 12.4. The lowest BCUT2D eigenvalue weighted by atomic mass is 10.0. The molecule has 23 heavy (non-hydrogen) atoms. The summed E-state index contributed by atoms with van der Waals surface area (Å²) < 4.78 is 30.4. The third-order valence-corrected chi connectivity index (χ3v) is 4.64. The zero-order chi connectivity index (χ0) is 17.6. The molecule has 0 N–H and O–H groups in total. The van der Waals surface area contributed by atoms with E-state index in [1.165, 1.54) is 39.3 Å². The van der Waals surface area contributed by atoms with Crippen LogP contribution in [0, 0.1) is 10.1 Å². The number of hydrogen-bond acceptors (Lipinski definition) is 6. The van der Waals surface area contributed by atoms with Crippen LogP contribution in [0.4, 0.5) is 5.69 Å². The first-order chi connectivity index (χ1) is 10.7. The number of non-ortho nitro benzene ring substituents is 1. The molecule has 0 aliphatic carbocycles. The quantitative estimate of drug-likeness (QED) is 0.402. The summed E-state index contributed by atoms with van der Waals surface area (Å²) in [5.41, 5.74) is -0.159. The van der Waals surface area contributed by atoms with Crippen molar-refractivity contribution in [1.29, 1.82) is 0 Å². The monoisotopic (exact) mass is 342 g/mol. The molecule has 1 aromatic rings. The Balaban J connectivity index is 3.28. The third-order valence-electron chi connectivity index (χ3n) is 3.06. The molecule has 0 aliphatic rings. The molecule has 9 heteroatoms. The van der Waals surface area contributed by atoms with Gasteiger partial charge in [-0.25, -0.2) is 8.42 Å². The lowest BCUT2D eigenvalue weighted by molar-refractivity contribution is -0.384. The Labute approximate surface area is 134 Å². The summed E-state index contributed by atoms with van der Waals surface area (Å²) >= 11 is 0. The van der Waals surface area contributed by atoms with Crippen LogP contribution in [0.15, 0.2) is 29.7 Å². The van der Waals surface area contributed by atoms with Crippen LogP contribution in [-0.4, -0.2) is 50.7 Å². The van der Waals surface area contributed by atoms with Crippen molar-refractivity contribution in [2.45, 2.75) is 6.92 Å². The van der Waals surface area contributed by atoms with Gasteiger partial charge >= 0.3 is 0 Å². The van der Waals surface area contributed by atoms with Gasteiger partial charge in [0, 0.05) is 38.4 Å². The molecule has 0 spiro atoms. The Bertz CT molecular complexity index is 727. The van der Waals surface area contributed by atoms with Gasteiger partial charge in [-0.2, -0.15) is 4.31 Å². The summed E-state index contributed by atoms with van der Waals surface area (Å²) in [4.78, 5) is 22.0. The molecule has 126 valence electrons. The number of ether oxygens (including phenoxy) is 1. The van der Waals surface area contributed by atoms with Gasteiger partial charge in [0.1, 0.15) is 0 Å². The van der Waals surface area contributed by atoms with Crippen molar-refractivity contribution < 1.29 is 22.9 Å². The van der Waals surface area contributed by atoms with E-state index >= 15 is 0 Å². The Morgan fingerprint density at radius 3 is 2.61 bits per heavy atom. The Morgan fingerprint density at radius 1 is 1.43 bits per heavy atom. The molecule has 0 aliphatic heterocycles. The van der Waals surface area contributed by atoms with Crippen molar-refractivity contribution >= 4 is 27.1 Å². The highest BCUT2D eigenvalue weighted by Crippen LogP contribution is 2.22. The van der Waals surface area contributed by atoms with E-state index in [1.54, 1.807) is 0 Å². The van der Waals surface area contributed by atoms with Crippen LogP contribution in [-0.2, 0) is 19.6 Å². The standard InChI is InChI=1S/C14H18N2O6S/c1-11(17)14(10-23(20,21)15(2)7-8-22-3)12-5-4-6-13(9-12)16(18)19/h4-6,9-10H,7-8H2,1-3H3. The second-order valence-corrected chi connectivity index (χ2v) is 6.64. The molecule has 0 bridgehead atoms. The largest absolute Gasteiger partial charge is 0.383 e. The number of Topliss-reactive ketones (excluding diaryl/α,β-unsaturated/α-hetero) is 1. The topological polar surface area (TPSA) is 107 Å². The molecule has 0 fully saturated rings. The molecule has 0 saturated heterocycles. The number of benzene rings is 1. The van der Waals surface area contributed by atoms with Crippen molar-refractivity contribution in [2.75, 3.05) is 27.3 Å². The Morgan fingerprint density at radius 2 is 2.09 bits per heavy atom. The number of ketones is 1. The number of nitrogens with zero attached hydrogens (tertiary/aromatic N) is 2. The van der Waals surface area contributed by atoms with Gasteiger partial charge in [-0.1, -0.05) is 12.1 Å². The van der Waals surface area contributed by atoms with Crippen LogP contribution in [0.1, 0.15) is 12.5 Å². The van der Waals surface area contributed by atoms with Gasteiger partial charge in [0.05, 0.1) is 16.9 Å². The number of carbonyl (C=O) groups excluding carboxylic acids is 1. The van der Waals surface area contributed by atoms with Crippen LogP contribution < -0.4 is 0 Å². The molecule has 0 amide bonds. The number of rotatable bonds is 8. The van der Waals surface area contributed by atoms with E-state index in [9.17, 15) is 23.3 Å². The highest BCUT2D eigenvalue weighted by molar-refractivity contribution is 7.92. The minimum atomic E-state index is -3.86. The number of allylic oxidation sites excluding steroid dienone is 1. The maximum Gasteiger partial charge on any atom is 0.270 e. The molecule has 0 saturated carbocycles. The number of methoxy groups -OCH3 is 1. The van der Waals surface area contributed by atoms with E-state index in [2.05, 4.69) is 0 Å². The molecule has 1 aromatic carbocycles. The number of sulfonamides is 1. The van der Waals surface area contributed by atoms with Gasteiger partial charge in [-0.3, -0.25) is 14.9 Å². The number of likely N-dealkylation sites (N-methyl/N-ethyl adjacent to an activating group) is 1. The highest BCUT2D eigenvalue weighted by Gasteiger charge is 2.20. The zero-order valence-electron chi connectivity index (χ0n) is 13.1. The van der Waals surface area contributed by atoms with E-state index in [0.717, 1.165) is 15.8 Å². The average molecular weight is 342 g/mol. The number of carbonyl (C=O) groups is 1. The van der Waals surface area contributed by atoms with Crippen molar-refractivity contribution in [3.63, 3.8) is 0 Å². The minimum Gasteiger partial charge on any atom is -0.383 e. The molecule has 0 radical (unpaired) electrons. The fourth-order valence-electron chi connectivity index (χ4n) is 1.73. The lowest BCUT2D eigenvalue weighted by Crippen LogP contribution is -2.28. The van der Waals surface area contributed by atoms with Gasteiger partial charge in [0.25, 0.3) is 5.69 Å². The van der Waals surface area contributed by atoms with E-state index in [4.69, 9.17) is 4.74 Å². The van der Waals surface area contributed by atoms with Gasteiger partial charge < -0.3 is 4.74 Å². The third kappa shape index (κ3) is 5.23. The van der Waals surface area contributed by atoms with Crippen LogP contribution in [0.2, 0.25) is 0 Å². The van der Waals surface area contributed by atoms with Crippen molar-refractivity contribution in [2.24, 2.45) is 0 Å². The minimum absolute atomic E-state index is 0.113. The van der Waals surface area contributed by atoms with Crippen molar-refractivity contribution in [3.05, 3.63) is 45.4 Å². The second kappa shape index (κ2) is 7.95. The second-order valence-electron chi connectivity index (χ2n) is 4.75. The summed E-state index contributed by atoms with van der Waals surface area (Å²) in [5, 5.41) is 11.6. The summed E-state index contributed by atoms with van der Waals surface area (Å²) in [6.45, 7) is 1.53. The smallest absolute Gasteiger partial charge is 0.270 e. The Hall–Kier alpha value is -2.10. The number of nitro benzene ring substituents is 1. The van der Waals surface area contributed by atoms with Crippen LogP contribution in [0.3, 0.4) is 0 Å². The van der Waals surface area contributed by atoms with Crippen molar-refractivity contribution in [3.8, 4) is 0 Å². The maximum absolute atomic E-state index is 12.3. The van der Waals surface area contributed by atoms with E-state index < -0.39 is 20.7 Å². The zero-order valence-corrected chi connectivity index (χ0v) is 13.9. The lowest BCUT2D eigenvalue weighted by Gasteiger charge is -2.15. The summed E-state index contributed by atoms with van der Waals surface area (Å²) in [6, 6.07) is 5.27. The van der Waals surface area contributed by atoms with Gasteiger partial charge in [0.2, 0.25) is 10.0 Å². The van der Waals surface area contributed by atoms with E-state index in [1.807, 2.05) is 0 Å². The van der Waals surface area contributed by atoms with Crippen LogP contribution in [0.5, 0.6) is 0 Å². The fourth-order valence-corrected chi connectivity index (χ4v) is 2.84. The number of hydrogen-bond donors (Lipinski definition) is 0. The van der Waals surface area contributed by atoms with Crippen molar-refractivity contribution in [1.82, 2.24) is 4.31 Å².